The minimum atomic E-state index is -4.49. The lowest BCUT2D eigenvalue weighted by atomic mass is 10.0. The number of rotatable bonds is 9. The van der Waals surface area contributed by atoms with E-state index in [0.29, 0.717) is 47.3 Å². The van der Waals surface area contributed by atoms with Crippen molar-refractivity contribution in [3.8, 4) is 22.6 Å². The monoisotopic (exact) mass is 668 g/mol. The van der Waals surface area contributed by atoms with Gasteiger partial charge in [-0.2, -0.15) is 18.2 Å². The average Bonchev–Trinajstić information content (AvgIpc) is 3.59. The summed E-state index contributed by atoms with van der Waals surface area (Å²) < 4.78 is 41.0. The average molecular weight is 669 g/mol. The molecule has 2 aromatic heterocycles. The predicted molar refractivity (Wildman–Crippen MR) is 188 cm³/mol. The second-order valence-corrected chi connectivity index (χ2v) is 12.3. The Morgan fingerprint density at radius 2 is 1.86 bits per heavy atom. The van der Waals surface area contributed by atoms with Crippen molar-refractivity contribution < 1.29 is 13.2 Å². The van der Waals surface area contributed by atoms with Gasteiger partial charge in [-0.15, -0.1) is 0 Å². The van der Waals surface area contributed by atoms with E-state index in [2.05, 4.69) is 43.6 Å². The lowest BCUT2D eigenvalue weighted by molar-refractivity contribution is -0.137. The Morgan fingerprint density at radius 1 is 1.10 bits per heavy atom. The third-order valence-electron chi connectivity index (χ3n) is 8.98. The molecule has 0 saturated carbocycles. The number of fused-ring (bicyclic) bond motifs is 1. The van der Waals surface area contributed by atoms with Crippen LogP contribution in [0.25, 0.3) is 22.6 Å². The Balaban J connectivity index is 1.19. The number of nitrogens with zero attached hydrogens (tertiary/aromatic N) is 6. The SMILES string of the molecule is C=C(C)N1CCC(N/C=C(\C=N)Nc2ncc3c(n2)N(C)C(=C)N(c2cc(-c4ncc(-c5ccccc5C(F)(F)F)[nH]4)ccc2C)C3)CC1. The van der Waals surface area contributed by atoms with E-state index in [4.69, 9.17) is 10.4 Å². The molecule has 4 aromatic rings. The van der Waals surface area contributed by atoms with Crippen LogP contribution in [-0.4, -0.2) is 57.2 Å². The van der Waals surface area contributed by atoms with Gasteiger partial charge < -0.3 is 35.7 Å². The number of aromatic nitrogens is 4. The molecular formula is C36H39F3N10. The van der Waals surface area contributed by atoms with Crippen LogP contribution in [0.1, 0.15) is 36.5 Å². The van der Waals surface area contributed by atoms with Crippen LogP contribution in [0, 0.1) is 12.3 Å². The lowest BCUT2D eigenvalue weighted by Gasteiger charge is -2.39. The third-order valence-corrected chi connectivity index (χ3v) is 8.98. The number of hydrogen-bond acceptors (Lipinski definition) is 9. The highest BCUT2D eigenvalue weighted by molar-refractivity contribution is 5.80. The number of allylic oxidation sites excluding steroid dienone is 2. The quantitative estimate of drug-likeness (QED) is 0.138. The summed E-state index contributed by atoms with van der Waals surface area (Å²) in [7, 11) is 1.88. The van der Waals surface area contributed by atoms with Gasteiger partial charge in [0, 0.05) is 72.9 Å². The first kappa shape index (κ1) is 33.3. The van der Waals surface area contributed by atoms with E-state index in [-0.39, 0.29) is 11.3 Å². The highest BCUT2D eigenvalue weighted by atomic mass is 19.4. The third kappa shape index (κ3) is 7.01. The maximum Gasteiger partial charge on any atom is 0.417 e. The maximum absolute atomic E-state index is 13.7. The predicted octanol–water partition coefficient (Wildman–Crippen LogP) is 7.28. The van der Waals surface area contributed by atoms with Crippen LogP contribution in [0.3, 0.4) is 0 Å². The van der Waals surface area contributed by atoms with Crippen LogP contribution in [-0.2, 0) is 12.7 Å². The molecular weight excluding hydrogens is 629 g/mol. The first-order valence-electron chi connectivity index (χ1n) is 16.0. The van der Waals surface area contributed by atoms with Gasteiger partial charge in [0.2, 0.25) is 5.95 Å². The van der Waals surface area contributed by atoms with E-state index in [9.17, 15) is 13.2 Å². The van der Waals surface area contributed by atoms with Gasteiger partial charge in [0.15, 0.2) is 0 Å². The molecule has 2 aliphatic rings. The van der Waals surface area contributed by atoms with Crippen molar-refractivity contribution in [3.05, 3.63) is 108 Å². The Labute approximate surface area is 283 Å². The number of alkyl halides is 3. The van der Waals surface area contributed by atoms with E-state index >= 15 is 0 Å². The summed E-state index contributed by atoms with van der Waals surface area (Å²) in [4.78, 5) is 23.0. The summed E-state index contributed by atoms with van der Waals surface area (Å²) in [6, 6.07) is 11.5. The van der Waals surface area contributed by atoms with E-state index in [0.717, 1.165) is 54.5 Å². The fourth-order valence-electron chi connectivity index (χ4n) is 6.14. The zero-order valence-corrected chi connectivity index (χ0v) is 27.7. The first-order valence-corrected chi connectivity index (χ1v) is 16.0. The summed E-state index contributed by atoms with van der Waals surface area (Å²) >= 11 is 0. The zero-order chi connectivity index (χ0) is 34.9. The molecule has 2 aliphatic heterocycles. The number of H-pyrrole nitrogens is 1. The molecule has 0 unspecified atom stereocenters. The Morgan fingerprint density at radius 3 is 2.57 bits per heavy atom. The molecule has 1 fully saturated rings. The highest BCUT2D eigenvalue weighted by Gasteiger charge is 2.34. The molecule has 0 bridgehead atoms. The molecule has 0 atom stereocenters. The standard InChI is InChI=1S/C36H39F3N10/c1-22(2)48-14-12-27(13-15-48)41-19-28(17-40)44-35-43-18-26-21-49(24(4)47(5)34(26)46-35)32-16-25(11-10-23(32)3)33-42-20-31(45-33)29-8-6-7-9-30(29)36(37,38)39/h6-11,16-20,27,40-41H,1,4,12-15,21H2,2-3,5H3,(H,42,45)(H,43,44,46)/b28-19+,40-17?. The summed E-state index contributed by atoms with van der Waals surface area (Å²) in [5, 5.41) is 14.5. The van der Waals surface area contributed by atoms with Crippen LogP contribution >= 0.6 is 0 Å². The number of anilines is 3. The van der Waals surface area contributed by atoms with Gasteiger partial charge in [0.1, 0.15) is 17.5 Å². The van der Waals surface area contributed by atoms with Crippen LogP contribution in [0.4, 0.5) is 30.6 Å². The molecule has 10 nitrogen and oxygen atoms in total. The summed E-state index contributed by atoms with van der Waals surface area (Å²) in [6.45, 7) is 14.7. The van der Waals surface area contributed by atoms with Crippen LogP contribution in [0.5, 0.6) is 0 Å². The number of halogens is 3. The van der Waals surface area contributed by atoms with E-state index < -0.39 is 11.7 Å². The molecule has 1 saturated heterocycles. The number of nitrogens with one attached hydrogen (secondary N) is 4. The summed E-state index contributed by atoms with van der Waals surface area (Å²) in [5.74, 6) is 2.18. The molecule has 2 aromatic carbocycles. The lowest BCUT2D eigenvalue weighted by Crippen LogP contribution is -2.40. The highest BCUT2D eigenvalue weighted by Crippen LogP contribution is 2.39. The molecule has 0 radical (unpaired) electrons. The van der Waals surface area contributed by atoms with Gasteiger partial charge in [0.25, 0.3) is 0 Å². The van der Waals surface area contributed by atoms with Gasteiger partial charge in [0.05, 0.1) is 29.7 Å². The van der Waals surface area contributed by atoms with Crippen molar-refractivity contribution in [2.75, 3.05) is 35.3 Å². The Hall–Kier alpha value is -5.59. The van der Waals surface area contributed by atoms with E-state index in [1.807, 2.05) is 48.9 Å². The van der Waals surface area contributed by atoms with Gasteiger partial charge in [-0.25, -0.2) is 9.97 Å². The second-order valence-electron chi connectivity index (χ2n) is 12.3. The number of imidazole rings is 1. The minimum Gasteiger partial charge on any atom is -0.386 e. The smallest absolute Gasteiger partial charge is 0.386 e. The summed E-state index contributed by atoms with van der Waals surface area (Å²) in [6.07, 6.45) is 3.69. The largest absolute Gasteiger partial charge is 0.417 e. The molecule has 6 rings (SSSR count). The van der Waals surface area contributed by atoms with Gasteiger partial charge in [-0.3, -0.25) is 0 Å². The Bertz CT molecular complexity index is 1920. The number of likely N-dealkylation sites (tertiary alicyclic amines) is 1. The molecule has 4 heterocycles. The van der Waals surface area contributed by atoms with Gasteiger partial charge in [-0.1, -0.05) is 43.5 Å². The fourth-order valence-corrected chi connectivity index (χ4v) is 6.14. The fraction of sp³-hybridized carbons (Fsp3) is 0.278. The van der Waals surface area contributed by atoms with Crippen molar-refractivity contribution in [3.63, 3.8) is 0 Å². The number of benzene rings is 2. The number of piperidine rings is 1. The molecule has 0 amide bonds. The second kappa shape index (κ2) is 13.5. The molecule has 4 N–H and O–H groups in total. The number of hydrogen-bond donors (Lipinski definition) is 4. The van der Waals surface area contributed by atoms with E-state index in [1.165, 1.54) is 24.5 Å². The topological polar surface area (TPSA) is 112 Å². The molecule has 254 valence electrons. The number of aromatic amines is 1. The molecule has 49 heavy (non-hydrogen) atoms. The van der Waals surface area contributed by atoms with Crippen LogP contribution < -0.4 is 20.4 Å². The Kier molecular flexibility index (Phi) is 9.18. The van der Waals surface area contributed by atoms with E-state index in [1.54, 1.807) is 18.5 Å². The molecule has 0 aliphatic carbocycles. The molecule has 13 heteroatoms. The van der Waals surface area contributed by atoms with Crippen molar-refractivity contribution >= 4 is 23.7 Å². The van der Waals surface area contributed by atoms with Crippen LogP contribution in [0.2, 0.25) is 0 Å². The van der Waals surface area contributed by atoms with Crippen molar-refractivity contribution in [2.45, 2.75) is 45.5 Å². The first-order chi connectivity index (χ1) is 23.4. The summed E-state index contributed by atoms with van der Waals surface area (Å²) in [5.41, 5.74) is 4.65. The van der Waals surface area contributed by atoms with Crippen molar-refractivity contribution in [1.29, 1.82) is 5.41 Å². The van der Waals surface area contributed by atoms with Crippen molar-refractivity contribution in [2.24, 2.45) is 0 Å². The van der Waals surface area contributed by atoms with Gasteiger partial charge in [-0.05, 0) is 44.4 Å². The van der Waals surface area contributed by atoms with Crippen molar-refractivity contribution in [1.82, 2.24) is 30.2 Å². The zero-order valence-electron chi connectivity index (χ0n) is 27.7. The van der Waals surface area contributed by atoms with Gasteiger partial charge >= 0.3 is 6.18 Å². The molecule has 0 spiro atoms. The minimum absolute atomic E-state index is 0.0386. The normalized spacial score (nSPS) is 15.7. The maximum atomic E-state index is 13.7. The van der Waals surface area contributed by atoms with Crippen LogP contribution in [0.15, 0.2) is 91.4 Å². The number of aryl methyl sites for hydroxylation is 1.